The monoisotopic (exact) mass is 252 g/mol. The minimum atomic E-state index is 0.241. The van der Waals surface area contributed by atoms with E-state index in [4.69, 9.17) is 22.7 Å². The zero-order valence-electron chi connectivity index (χ0n) is 9.69. The van der Waals surface area contributed by atoms with Gasteiger partial charge in [0.2, 0.25) is 0 Å². The third-order valence-electron chi connectivity index (χ3n) is 2.96. The van der Waals surface area contributed by atoms with Gasteiger partial charge in [0.1, 0.15) is 5.84 Å². The molecule has 0 saturated carbocycles. The molecule has 1 fully saturated rings. The van der Waals surface area contributed by atoms with Gasteiger partial charge in [0, 0.05) is 36.9 Å². The van der Waals surface area contributed by atoms with Crippen LogP contribution in [0.2, 0.25) is 5.02 Å². The maximum absolute atomic E-state index is 7.28. The molecule has 3 N–H and O–H groups in total. The molecule has 5 heteroatoms. The fourth-order valence-electron chi connectivity index (χ4n) is 2.06. The normalized spacial score (nSPS) is 17.1. The summed E-state index contributed by atoms with van der Waals surface area (Å²) in [4.78, 5) is 4.53. The zero-order chi connectivity index (χ0) is 12.3. The molecule has 0 amide bonds. The quantitative estimate of drug-likeness (QED) is 0.632. The van der Waals surface area contributed by atoms with Crippen LogP contribution in [-0.4, -0.2) is 43.5 Å². The second-order valence-corrected chi connectivity index (χ2v) is 4.70. The van der Waals surface area contributed by atoms with Crippen LogP contribution in [0.3, 0.4) is 0 Å². The minimum absolute atomic E-state index is 0.241. The van der Waals surface area contributed by atoms with Crippen LogP contribution in [0.25, 0.3) is 0 Å². The molecular weight excluding hydrogens is 236 g/mol. The van der Waals surface area contributed by atoms with Gasteiger partial charge < -0.3 is 10.6 Å². The average Bonchev–Trinajstić information content (AvgIpc) is 2.30. The van der Waals surface area contributed by atoms with Crippen molar-refractivity contribution in [1.29, 1.82) is 5.41 Å². The largest absolute Gasteiger partial charge is 0.387 e. The Balaban J connectivity index is 1.90. The maximum atomic E-state index is 7.28. The lowest BCUT2D eigenvalue weighted by atomic mass is 10.2. The summed E-state index contributed by atoms with van der Waals surface area (Å²) >= 11 is 5.87. The Labute approximate surface area is 106 Å². The van der Waals surface area contributed by atoms with Crippen LogP contribution in [0.4, 0.5) is 5.69 Å². The number of nitrogens with one attached hydrogen (secondary N) is 1. The Kier molecular flexibility index (Phi) is 3.86. The fourth-order valence-corrected chi connectivity index (χ4v) is 2.18. The van der Waals surface area contributed by atoms with E-state index in [0.29, 0.717) is 6.54 Å². The molecule has 1 aromatic carbocycles. The van der Waals surface area contributed by atoms with Crippen LogP contribution in [0.1, 0.15) is 0 Å². The Hall–Kier alpha value is -1.26. The predicted octanol–water partition coefficient (Wildman–Crippen LogP) is 1.40. The van der Waals surface area contributed by atoms with Crippen molar-refractivity contribution in [3.63, 3.8) is 0 Å². The van der Waals surface area contributed by atoms with Crippen molar-refractivity contribution in [3.8, 4) is 0 Å². The molecule has 0 spiro atoms. The Bertz CT molecular complexity index is 382. The van der Waals surface area contributed by atoms with Gasteiger partial charge in [-0.1, -0.05) is 11.6 Å². The van der Waals surface area contributed by atoms with Gasteiger partial charge in [0.05, 0.1) is 6.54 Å². The number of benzene rings is 1. The van der Waals surface area contributed by atoms with Gasteiger partial charge >= 0.3 is 0 Å². The van der Waals surface area contributed by atoms with Gasteiger partial charge in [0.25, 0.3) is 0 Å². The smallest absolute Gasteiger partial charge is 0.105 e. The number of halogens is 1. The Morgan fingerprint density at radius 2 is 1.76 bits per heavy atom. The van der Waals surface area contributed by atoms with E-state index in [9.17, 15) is 0 Å². The molecule has 0 aromatic heterocycles. The number of hydrogen-bond acceptors (Lipinski definition) is 3. The number of nitrogens with two attached hydrogens (primary N) is 1. The molecule has 0 aliphatic carbocycles. The molecular formula is C12H17ClN4. The summed E-state index contributed by atoms with van der Waals surface area (Å²) < 4.78 is 0. The lowest BCUT2D eigenvalue weighted by Crippen LogP contribution is -2.48. The van der Waals surface area contributed by atoms with Crippen molar-refractivity contribution < 1.29 is 0 Å². The van der Waals surface area contributed by atoms with E-state index in [2.05, 4.69) is 9.80 Å². The fraction of sp³-hybridized carbons (Fsp3) is 0.417. The molecule has 1 aliphatic heterocycles. The van der Waals surface area contributed by atoms with Crippen molar-refractivity contribution in [2.75, 3.05) is 37.6 Å². The highest BCUT2D eigenvalue weighted by Crippen LogP contribution is 2.19. The highest BCUT2D eigenvalue weighted by Gasteiger charge is 2.17. The van der Waals surface area contributed by atoms with Crippen LogP contribution in [0, 0.1) is 5.41 Å². The molecule has 2 rings (SSSR count). The molecule has 1 heterocycles. The summed E-state index contributed by atoms with van der Waals surface area (Å²) in [5, 5.41) is 8.04. The molecule has 0 radical (unpaired) electrons. The second-order valence-electron chi connectivity index (χ2n) is 4.26. The number of rotatable bonds is 3. The van der Waals surface area contributed by atoms with E-state index in [0.717, 1.165) is 31.2 Å². The number of anilines is 1. The SMILES string of the molecule is N=C(N)CN1CCN(c2ccc(Cl)cc2)CC1. The number of hydrogen-bond donors (Lipinski definition) is 2. The Morgan fingerprint density at radius 3 is 2.29 bits per heavy atom. The average molecular weight is 253 g/mol. The standard InChI is InChI=1S/C12H17ClN4/c13-10-1-3-11(4-2-10)17-7-5-16(6-8-17)9-12(14)15/h1-4H,5-9H2,(H3,14,15). The summed E-state index contributed by atoms with van der Waals surface area (Å²) in [5.74, 6) is 0.241. The van der Waals surface area contributed by atoms with E-state index < -0.39 is 0 Å². The summed E-state index contributed by atoms with van der Waals surface area (Å²) in [6, 6.07) is 7.92. The first kappa shape index (κ1) is 12.2. The van der Waals surface area contributed by atoms with Crippen molar-refractivity contribution in [2.24, 2.45) is 5.73 Å². The van der Waals surface area contributed by atoms with Crippen molar-refractivity contribution in [3.05, 3.63) is 29.3 Å². The van der Waals surface area contributed by atoms with Gasteiger partial charge in [-0.3, -0.25) is 10.3 Å². The van der Waals surface area contributed by atoms with Crippen LogP contribution < -0.4 is 10.6 Å². The van der Waals surface area contributed by atoms with Gasteiger partial charge in [-0.25, -0.2) is 0 Å². The summed E-state index contributed by atoms with van der Waals surface area (Å²) in [7, 11) is 0. The van der Waals surface area contributed by atoms with E-state index in [1.807, 2.05) is 24.3 Å². The summed E-state index contributed by atoms with van der Waals surface area (Å²) in [6.45, 7) is 4.41. The first-order valence-electron chi connectivity index (χ1n) is 5.71. The highest BCUT2D eigenvalue weighted by atomic mass is 35.5. The van der Waals surface area contributed by atoms with Crippen molar-refractivity contribution in [2.45, 2.75) is 0 Å². The van der Waals surface area contributed by atoms with E-state index in [-0.39, 0.29) is 5.84 Å². The minimum Gasteiger partial charge on any atom is -0.387 e. The van der Waals surface area contributed by atoms with E-state index >= 15 is 0 Å². The van der Waals surface area contributed by atoms with Crippen LogP contribution in [-0.2, 0) is 0 Å². The molecule has 17 heavy (non-hydrogen) atoms. The van der Waals surface area contributed by atoms with Crippen LogP contribution in [0.5, 0.6) is 0 Å². The summed E-state index contributed by atoms with van der Waals surface area (Å²) in [5.41, 5.74) is 6.60. The first-order valence-corrected chi connectivity index (χ1v) is 6.09. The molecule has 1 saturated heterocycles. The van der Waals surface area contributed by atoms with Crippen LogP contribution in [0.15, 0.2) is 24.3 Å². The molecule has 92 valence electrons. The number of nitrogens with zero attached hydrogens (tertiary/aromatic N) is 2. The topological polar surface area (TPSA) is 56.4 Å². The predicted molar refractivity (Wildman–Crippen MR) is 72.0 cm³/mol. The molecule has 1 aliphatic rings. The highest BCUT2D eigenvalue weighted by molar-refractivity contribution is 6.30. The van der Waals surface area contributed by atoms with Gasteiger partial charge in [-0.2, -0.15) is 0 Å². The first-order chi connectivity index (χ1) is 8.15. The molecule has 0 bridgehead atoms. The van der Waals surface area contributed by atoms with E-state index in [1.54, 1.807) is 0 Å². The third-order valence-corrected chi connectivity index (χ3v) is 3.21. The van der Waals surface area contributed by atoms with Crippen molar-refractivity contribution in [1.82, 2.24) is 4.90 Å². The second kappa shape index (κ2) is 5.38. The van der Waals surface area contributed by atoms with Gasteiger partial charge in [-0.15, -0.1) is 0 Å². The van der Waals surface area contributed by atoms with E-state index in [1.165, 1.54) is 5.69 Å². The Morgan fingerprint density at radius 1 is 1.18 bits per heavy atom. The lowest BCUT2D eigenvalue weighted by Gasteiger charge is -2.35. The molecule has 1 aromatic rings. The molecule has 4 nitrogen and oxygen atoms in total. The van der Waals surface area contributed by atoms with Crippen LogP contribution >= 0.6 is 11.6 Å². The number of piperazine rings is 1. The van der Waals surface area contributed by atoms with Gasteiger partial charge in [-0.05, 0) is 24.3 Å². The molecule has 0 atom stereocenters. The number of amidine groups is 1. The third kappa shape index (κ3) is 3.35. The van der Waals surface area contributed by atoms with Gasteiger partial charge in [0.15, 0.2) is 0 Å². The van der Waals surface area contributed by atoms with Crippen molar-refractivity contribution >= 4 is 23.1 Å². The summed E-state index contributed by atoms with van der Waals surface area (Å²) in [6.07, 6.45) is 0. The molecule has 0 unspecified atom stereocenters. The maximum Gasteiger partial charge on any atom is 0.105 e. The lowest BCUT2D eigenvalue weighted by molar-refractivity contribution is 0.291. The zero-order valence-corrected chi connectivity index (χ0v) is 10.5.